The van der Waals surface area contributed by atoms with Crippen molar-refractivity contribution >= 4 is 63.7 Å². The topological polar surface area (TPSA) is 9.23 Å². The quantitative estimate of drug-likeness (QED) is 0.196. The Bertz CT molecular complexity index is 407. The van der Waals surface area contributed by atoms with Gasteiger partial charge in [0.1, 0.15) is 5.75 Å². The van der Waals surface area contributed by atoms with E-state index in [2.05, 4.69) is 70.6 Å². The molecule has 0 amide bonds. The molecular formula is C14H18Br4O. The standard InChI is InChI=1S/C14H18Br4O/c1-2-3-4-5-6-7-8-19-11-9-10(15)12(16)14(18)13(11)17/h9H,2-8H2,1H3. The Kier molecular flexibility index (Phi) is 9.28. The van der Waals surface area contributed by atoms with Crippen molar-refractivity contribution in [2.24, 2.45) is 0 Å². The van der Waals surface area contributed by atoms with Gasteiger partial charge < -0.3 is 4.74 Å². The monoisotopic (exact) mass is 518 g/mol. The third kappa shape index (κ3) is 6.06. The highest BCUT2D eigenvalue weighted by Gasteiger charge is 2.12. The first kappa shape index (κ1) is 18.0. The third-order valence-electron chi connectivity index (χ3n) is 2.82. The van der Waals surface area contributed by atoms with Crippen LogP contribution in [0.5, 0.6) is 5.75 Å². The van der Waals surface area contributed by atoms with Crippen molar-refractivity contribution in [3.8, 4) is 5.75 Å². The fraction of sp³-hybridized carbons (Fsp3) is 0.571. The summed E-state index contributed by atoms with van der Waals surface area (Å²) in [6.07, 6.45) is 7.66. The zero-order chi connectivity index (χ0) is 14.3. The van der Waals surface area contributed by atoms with Crippen molar-refractivity contribution in [2.75, 3.05) is 6.61 Å². The maximum atomic E-state index is 5.83. The lowest BCUT2D eigenvalue weighted by atomic mass is 10.1. The minimum absolute atomic E-state index is 0.769. The van der Waals surface area contributed by atoms with Gasteiger partial charge in [-0.2, -0.15) is 0 Å². The first-order chi connectivity index (χ1) is 9.07. The normalized spacial score (nSPS) is 10.8. The van der Waals surface area contributed by atoms with E-state index in [-0.39, 0.29) is 0 Å². The molecule has 0 N–H and O–H groups in total. The molecule has 0 heterocycles. The Labute approximate surface area is 149 Å². The van der Waals surface area contributed by atoms with Crippen molar-refractivity contribution in [3.63, 3.8) is 0 Å². The number of hydrogen-bond donors (Lipinski definition) is 0. The van der Waals surface area contributed by atoms with Gasteiger partial charge in [0.25, 0.3) is 0 Å². The number of ether oxygens (including phenoxy) is 1. The van der Waals surface area contributed by atoms with E-state index >= 15 is 0 Å². The summed E-state index contributed by atoms with van der Waals surface area (Å²) in [5.74, 6) is 0.871. The summed E-state index contributed by atoms with van der Waals surface area (Å²) in [5, 5.41) is 0. The van der Waals surface area contributed by atoms with E-state index in [1.165, 1.54) is 32.1 Å². The smallest absolute Gasteiger partial charge is 0.135 e. The molecule has 19 heavy (non-hydrogen) atoms. The molecule has 0 aliphatic heterocycles. The van der Waals surface area contributed by atoms with Crippen molar-refractivity contribution < 1.29 is 4.74 Å². The highest BCUT2D eigenvalue weighted by atomic mass is 79.9. The van der Waals surface area contributed by atoms with Gasteiger partial charge in [-0.05, 0) is 76.2 Å². The van der Waals surface area contributed by atoms with E-state index in [1.807, 2.05) is 6.07 Å². The SMILES string of the molecule is CCCCCCCCOc1cc(Br)c(Br)c(Br)c1Br. The molecule has 0 unspecified atom stereocenters. The second-order valence-electron chi connectivity index (χ2n) is 4.41. The van der Waals surface area contributed by atoms with Crippen LogP contribution in [0, 0.1) is 0 Å². The van der Waals surface area contributed by atoms with Gasteiger partial charge in [0, 0.05) is 8.95 Å². The Balaban J connectivity index is 2.38. The van der Waals surface area contributed by atoms with E-state index in [0.717, 1.165) is 36.7 Å². The summed E-state index contributed by atoms with van der Waals surface area (Å²) in [5.41, 5.74) is 0. The molecule has 108 valence electrons. The lowest BCUT2D eigenvalue weighted by Gasteiger charge is -2.11. The van der Waals surface area contributed by atoms with Crippen LogP contribution in [0.1, 0.15) is 45.4 Å². The van der Waals surface area contributed by atoms with Gasteiger partial charge in [-0.25, -0.2) is 0 Å². The van der Waals surface area contributed by atoms with Crippen molar-refractivity contribution in [2.45, 2.75) is 45.4 Å². The minimum atomic E-state index is 0.769. The van der Waals surface area contributed by atoms with E-state index in [4.69, 9.17) is 4.74 Å². The van der Waals surface area contributed by atoms with E-state index in [9.17, 15) is 0 Å². The largest absolute Gasteiger partial charge is 0.492 e. The molecule has 0 spiro atoms. The summed E-state index contributed by atoms with van der Waals surface area (Å²) in [6, 6.07) is 1.98. The van der Waals surface area contributed by atoms with Crippen LogP contribution in [-0.2, 0) is 0 Å². The molecule has 0 aromatic heterocycles. The predicted molar refractivity (Wildman–Crippen MR) is 96.1 cm³/mol. The number of halogens is 4. The highest BCUT2D eigenvalue weighted by molar-refractivity contribution is 9.15. The van der Waals surface area contributed by atoms with Gasteiger partial charge in [0.2, 0.25) is 0 Å². The molecule has 5 heteroatoms. The Morgan fingerprint density at radius 3 is 2.16 bits per heavy atom. The molecule has 0 aliphatic carbocycles. The summed E-state index contributed by atoms with van der Waals surface area (Å²) < 4.78 is 9.74. The number of benzene rings is 1. The zero-order valence-electron chi connectivity index (χ0n) is 10.9. The van der Waals surface area contributed by atoms with Crippen LogP contribution in [-0.4, -0.2) is 6.61 Å². The van der Waals surface area contributed by atoms with Crippen LogP contribution in [0.4, 0.5) is 0 Å². The average molecular weight is 522 g/mol. The second kappa shape index (κ2) is 9.80. The first-order valence-corrected chi connectivity index (χ1v) is 9.71. The summed E-state index contributed by atoms with van der Waals surface area (Å²) in [7, 11) is 0. The molecule has 0 radical (unpaired) electrons. The zero-order valence-corrected chi connectivity index (χ0v) is 17.3. The van der Waals surface area contributed by atoms with Crippen LogP contribution in [0.25, 0.3) is 0 Å². The van der Waals surface area contributed by atoms with Crippen LogP contribution in [0.3, 0.4) is 0 Å². The molecule has 1 nitrogen and oxygen atoms in total. The number of rotatable bonds is 8. The molecule has 0 saturated heterocycles. The Hall–Kier alpha value is 0.940. The van der Waals surface area contributed by atoms with Gasteiger partial charge in [0.15, 0.2) is 0 Å². The molecule has 1 aromatic carbocycles. The minimum Gasteiger partial charge on any atom is -0.492 e. The van der Waals surface area contributed by atoms with E-state index < -0.39 is 0 Å². The number of unbranched alkanes of at least 4 members (excludes halogenated alkanes) is 5. The van der Waals surface area contributed by atoms with Gasteiger partial charge in [-0.15, -0.1) is 0 Å². The maximum absolute atomic E-state index is 5.83. The molecular weight excluding hydrogens is 504 g/mol. The lowest BCUT2D eigenvalue weighted by Crippen LogP contribution is -1.98. The first-order valence-electron chi connectivity index (χ1n) is 6.53. The highest BCUT2D eigenvalue weighted by Crippen LogP contribution is 2.42. The number of hydrogen-bond acceptors (Lipinski definition) is 1. The summed E-state index contributed by atoms with van der Waals surface area (Å²) in [6.45, 7) is 3.01. The second-order valence-corrected chi connectivity index (χ2v) is 7.65. The van der Waals surface area contributed by atoms with Gasteiger partial charge >= 0.3 is 0 Å². The molecule has 0 atom stereocenters. The molecule has 1 rings (SSSR count). The molecule has 0 saturated carbocycles. The van der Waals surface area contributed by atoms with Crippen LogP contribution in [0.2, 0.25) is 0 Å². The van der Waals surface area contributed by atoms with E-state index in [0.29, 0.717) is 0 Å². The third-order valence-corrected chi connectivity index (χ3v) is 7.45. The Morgan fingerprint density at radius 1 is 0.842 bits per heavy atom. The maximum Gasteiger partial charge on any atom is 0.135 e. The molecule has 0 fully saturated rings. The summed E-state index contributed by atoms with van der Waals surface area (Å²) in [4.78, 5) is 0. The fourth-order valence-corrected chi connectivity index (χ4v) is 3.81. The average Bonchev–Trinajstić information content (AvgIpc) is 2.41. The van der Waals surface area contributed by atoms with Crippen molar-refractivity contribution in [1.29, 1.82) is 0 Å². The molecule has 0 aliphatic rings. The van der Waals surface area contributed by atoms with Gasteiger partial charge in [-0.3, -0.25) is 0 Å². The molecule has 0 bridgehead atoms. The van der Waals surface area contributed by atoms with Crippen LogP contribution in [0.15, 0.2) is 24.0 Å². The fourth-order valence-electron chi connectivity index (χ4n) is 1.72. The van der Waals surface area contributed by atoms with Crippen molar-refractivity contribution in [1.82, 2.24) is 0 Å². The lowest BCUT2D eigenvalue weighted by molar-refractivity contribution is 0.302. The summed E-state index contributed by atoms with van der Waals surface area (Å²) >= 11 is 14.1. The van der Waals surface area contributed by atoms with Gasteiger partial charge in [0.05, 0.1) is 15.6 Å². The van der Waals surface area contributed by atoms with Crippen LogP contribution >= 0.6 is 63.7 Å². The predicted octanol–water partition coefficient (Wildman–Crippen LogP) is 7.48. The van der Waals surface area contributed by atoms with Gasteiger partial charge in [-0.1, -0.05) is 39.0 Å². The van der Waals surface area contributed by atoms with Crippen molar-refractivity contribution in [3.05, 3.63) is 24.0 Å². The Morgan fingerprint density at radius 2 is 1.47 bits per heavy atom. The van der Waals surface area contributed by atoms with Crippen LogP contribution < -0.4 is 4.74 Å². The van der Waals surface area contributed by atoms with E-state index in [1.54, 1.807) is 0 Å². The molecule has 1 aromatic rings.